The lowest BCUT2D eigenvalue weighted by atomic mass is 9.92. The summed E-state index contributed by atoms with van der Waals surface area (Å²) in [6, 6.07) is 6.05. The van der Waals surface area contributed by atoms with Gasteiger partial charge in [0.1, 0.15) is 17.7 Å². The molecule has 0 heterocycles. The Hall–Kier alpha value is -3.01. The maximum Gasteiger partial charge on any atom is 0.408 e. The van der Waals surface area contributed by atoms with Crippen LogP contribution in [0.5, 0.6) is 0 Å². The number of nitrogens with zero attached hydrogens (tertiary/aromatic N) is 1. The van der Waals surface area contributed by atoms with Crippen molar-refractivity contribution in [2.75, 3.05) is 0 Å². The molecular weight excluding hydrogens is 442 g/mol. The van der Waals surface area contributed by atoms with Gasteiger partial charge < -0.3 is 15.4 Å². The maximum absolute atomic E-state index is 13.9. The molecular formula is C28H43N3O4. The van der Waals surface area contributed by atoms with Crippen LogP contribution >= 0.6 is 0 Å². The standard InChI is InChI=1S/C28H43N3O4/c1-11-15-21(7)29-25(32)24(22-19(5)16-14-17-20(22)6)31(13-3)26(33)23(18(4)12-2)30-27(34)35-28(8,9)10/h3,14,16-18,21,23-24H,11-12,15H2,1-2,4-10H3,(H,29,32)(H,30,34). The number of hydrogen-bond acceptors (Lipinski definition) is 4. The molecule has 0 saturated heterocycles. The maximum atomic E-state index is 13.9. The highest BCUT2D eigenvalue weighted by molar-refractivity contribution is 5.94. The summed E-state index contributed by atoms with van der Waals surface area (Å²) < 4.78 is 5.39. The second-order valence-corrected chi connectivity index (χ2v) is 10.3. The number of ether oxygens (including phenoxy) is 1. The van der Waals surface area contributed by atoms with Crippen LogP contribution in [0.1, 0.15) is 90.5 Å². The molecule has 0 aliphatic heterocycles. The Morgan fingerprint density at radius 2 is 1.66 bits per heavy atom. The average Bonchev–Trinajstić information content (AvgIpc) is 2.74. The fraction of sp³-hybridized carbons (Fsp3) is 0.607. The Morgan fingerprint density at radius 3 is 2.11 bits per heavy atom. The molecule has 35 heavy (non-hydrogen) atoms. The highest BCUT2D eigenvalue weighted by atomic mass is 16.6. The van der Waals surface area contributed by atoms with Gasteiger partial charge in [0, 0.05) is 12.1 Å². The van der Waals surface area contributed by atoms with E-state index >= 15 is 0 Å². The van der Waals surface area contributed by atoms with Crippen LogP contribution in [0.15, 0.2) is 18.2 Å². The molecule has 0 fully saturated rings. The van der Waals surface area contributed by atoms with Crippen molar-refractivity contribution in [3.8, 4) is 12.5 Å². The summed E-state index contributed by atoms with van der Waals surface area (Å²) in [5, 5.41) is 5.71. The highest BCUT2D eigenvalue weighted by Crippen LogP contribution is 2.29. The molecule has 194 valence electrons. The van der Waals surface area contributed by atoms with E-state index in [2.05, 4.69) is 16.7 Å². The molecule has 0 aliphatic rings. The molecule has 3 amide bonds. The SMILES string of the molecule is C#CN(C(=O)C(NC(=O)OC(C)(C)C)C(C)CC)C(C(=O)NC(C)CCC)c1c(C)cccc1C. The quantitative estimate of drug-likeness (QED) is 0.360. The van der Waals surface area contributed by atoms with Crippen molar-refractivity contribution in [1.29, 1.82) is 0 Å². The Labute approximate surface area is 211 Å². The van der Waals surface area contributed by atoms with Crippen LogP contribution < -0.4 is 10.6 Å². The van der Waals surface area contributed by atoms with E-state index in [0.29, 0.717) is 12.0 Å². The lowest BCUT2D eigenvalue weighted by Gasteiger charge is -2.34. The molecule has 4 unspecified atom stereocenters. The lowest BCUT2D eigenvalue weighted by Crippen LogP contribution is -2.54. The number of hydrogen-bond donors (Lipinski definition) is 2. The molecule has 0 bridgehead atoms. The normalized spacial score (nSPS) is 14.6. The van der Waals surface area contributed by atoms with Crippen LogP contribution in [0, 0.1) is 32.2 Å². The van der Waals surface area contributed by atoms with Gasteiger partial charge in [-0.15, -0.1) is 0 Å². The van der Waals surface area contributed by atoms with E-state index in [1.54, 1.807) is 20.8 Å². The van der Waals surface area contributed by atoms with Gasteiger partial charge in [-0.2, -0.15) is 0 Å². The number of alkyl carbamates (subject to hydrolysis) is 1. The van der Waals surface area contributed by atoms with Gasteiger partial charge in [-0.05, 0) is 70.6 Å². The minimum absolute atomic E-state index is 0.0840. The third-order valence-corrected chi connectivity index (χ3v) is 5.96. The zero-order valence-corrected chi connectivity index (χ0v) is 22.8. The Morgan fingerprint density at radius 1 is 1.09 bits per heavy atom. The smallest absolute Gasteiger partial charge is 0.408 e. The van der Waals surface area contributed by atoms with Crippen LogP contribution in [0.4, 0.5) is 4.79 Å². The Balaban J connectivity index is 3.51. The number of rotatable bonds is 10. The van der Waals surface area contributed by atoms with Crippen molar-refractivity contribution in [2.24, 2.45) is 5.92 Å². The van der Waals surface area contributed by atoms with Gasteiger partial charge in [0.05, 0.1) is 0 Å². The molecule has 0 aliphatic carbocycles. The fourth-order valence-electron chi connectivity index (χ4n) is 4.00. The zero-order chi connectivity index (χ0) is 26.9. The minimum atomic E-state index is -1.04. The molecule has 0 aromatic heterocycles. The number of carbonyl (C=O) groups excluding carboxylic acids is 3. The summed E-state index contributed by atoms with van der Waals surface area (Å²) in [4.78, 5) is 41.2. The molecule has 7 heteroatoms. The Kier molecular flexibility index (Phi) is 11.3. The molecule has 1 aromatic carbocycles. The average molecular weight is 486 g/mol. The van der Waals surface area contributed by atoms with Gasteiger partial charge in [-0.25, -0.2) is 4.79 Å². The number of carbonyl (C=O) groups is 3. The van der Waals surface area contributed by atoms with Gasteiger partial charge in [0.25, 0.3) is 5.91 Å². The van der Waals surface area contributed by atoms with Crippen molar-refractivity contribution >= 4 is 17.9 Å². The van der Waals surface area contributed by atoms with Gasteiger partial charge >= 0.3 is 6.09 Å². The summed E-state index contributed by atoms with van der Waals surface area (Å²) in [7, 11) is 0. The summed E-state index contributed by atoms with van der Waals surface area (Å²) >= 11 is 0. The van der Waals surface area contributed by atoms with E-state index in [0.717, 1.165) is 28.9 Å². The number of aryl methyl sites for hydroxylation is 2. The predicted octanol–water partition coefficient (Wildman–Crippen LogP) is 5.01. The predicted molar refractivity (Wildman–Crippen MR) is 139 cm³/mol. The van der Waals surface area contributed by atoms with Crippen LogP contribution in [0.2, 0.25) is 0 Å². The first-order valence-electron chi connectivity index (χ1n) is 12.4. The van der Waals surface area contributed by atoms with Gasteiger partial charge in [0.2, 0.25) is 5.91 Å². The summed E-state index contributed by atoms with van der Waals surface area (Å²) in [5.74, 6) is -1.12. The number of amides is 3. The van der Waals surface area contributed by atoms with E-state index < -0.39 is 29.7 Å². The third kappa shape index (κ3) is 8.61. The first kappa shape index (κ1) is 30.0. The van der Waals surface area contributed by atoms with Crippen molar-refractivity contribution in [2.45, 2.75) is 105 Å². The van der Waals surface area contributed by atoms with E-state index in [4.69, 9.17) is 11.2 Å². The summed E-state index contributed by atoms with van der Waals surface area (Å²) in [5.41, 5.74) is 1.65. The van der Waals surface area contributed by atoms with Gasteiger partial charge in [-0.3, -0.25) is 14.5 Å². The van der Waals surface area contributed by atoms with Crippen LogP contribution in [0.25, 0.3) is 0 Å². The summed E-state index contributed by atoms with van der Waals surface area (Å²) in [6.07, 6.45) is 7.48. The second-order valence-electron chi connectivity index (χ2n) is 10.3. The monoisotopic (exact) mass is 485 g/mol. The largest absolute Gasteiger partial charge is 0.444 e. The number of benzene rings is 1. The van der Waals surface area contributed by atoms with E-state index in [1.165, 1.54) is 0 Å². The van der Waals surface area contributed by atoms with Gasteiger partial charge in [0.15, 0.2) is 0 Å². The second kappa shape index (κ2) is 13.2. The Bertz CT molecular complexity index is 909. The first-order valence-corrected chi connectivity index (χ1v) is 12.4. The third-order valence-electron chi connectivity index (χ3n) is 5.96. The van der Waals surface area contributed by atoms with Crippen LogP contribution in [0.3, 0.4) is 0 Å². The van der Waals surface area contributed by atoms with E-state index in [1.807, 2.05) is 59.7 Å². The van der Waals surface area contributed by atoms with Gasteiger partial charge in [-0.1, -0.05) is 58.2 Å². The topological polar surface area (TPSA) is 87.7 Å². The van der Waals surface area contributed by atoms with E-state index in [9.17, 15) is 14.4 Å². The van der Waals surface area contributed by atoms with Crippen molar-refractivity contribution in [3.63, 3.8) is 0 Å². The van der Waals surface area contributed by atoms with Crippen molar-refractivity contribution < 1.29 is 19.1 Å². The first-order chi connectivity index (χ1) is 16.3. The molecule has 0 radical (unpaired) electrons. The lowest BCUT2D eigenvalue weighted by molar-refractivity contribution is -0.139. The van der Waals surface area contributed by atoms with Crippen LogP contribution in [-0.4, -0.2) is 40.5 Å². The fourth-order valence-corrected chi connectivity index (χ4v) is 4.00. The molecule has 2 N–H and O–H groups in total. The number of nitrogens with one attached hydrogen (secondary N) is 2. The molecule has 4 atom stereocenters. The van der Waals surface area contributed by atoms with Crippen molar-refractivity contribution in [3.05, 3.63) is 34.9 Å². The molecule has 0 saturated carbocycles. The van der Waals surface area contributed by atoms with Crippen LogP contribution in [-0.2, 0) is 14.3 Å². The molecule has 0 spiro atoms. The van der Waals surface area contributed by atoms with Crippen molar-refractivity contribution in [1.82, 2.24) is 15.5 Å². The highest BCUT2D eigenvalue weighted by Gasteiger charge is 2.39. The molecule has 7 nitrogen and oxygen atoms in total. The number of terminal acetylenes is 1. The molecule has 1 rings (SSSR count). The zero-order valence-electron chi connectivity index (χ0n) is 22.8. The van der Waals surface area contributed by atoms with E-state index in [-0.39, 0.29) is 17.9 Å². The minimum Gasteiger partial charge on any atom is -0.444 e. The molecule has 1 aromatic rings. The summed E-state index contributed by atoms with van der Waals surface area (Å²) in [6.45, 7) is 16.8.